The highest BCUT2D eigenvalue weighted by Gasteiger charge is 2.22. The SMILES string of the molecule is CC(C)(CNc1cnccc1C(N)=S)NS(C)(=O)=O. The molecule has 0 atom stereocenters. The maximum absolute atomic E-state index is 11.2. The van der Waals surface area contributed by atoms with Crippen molar-refractivity contribution in [1.29, 1.82) is 0 Å². The van der Waals surface area contributed by atoms with Crippen LogP contribution in [0.25, 0.3) is 0 Å². The van der Waals surface area contributed by atoms with Crippen molar-refractivity contribution in [2.24, 2.45) is 5.73 Å². The van der Waals surface area contributed by atoms with Crippen molar-refractivity contribution >= 4 is 32.9 Å². The topological polar surface area (TPSA) is 97.1 Å². The Morgan fingerprint density at radius 3 is 2.68 bits per heavy atom. The number of sulfonamides is 1. The zero-order valence-electron chi connectivity index (χ0n) is 11.1. The third kappa shape index (κ3) is 5.50. The third-order valence-electron chi connectivity index (χ3n) is 2.27. The first kappa shape index (κ1) is 15.8. The Hall–Kier alpha value is -1.25. The molecule has 6 nitrogen and oxygen atoms in total. The fourth-order valence-corrected chi connectivity index (χ4v) is 2.86. The quantitative estimate of drug-likeness (QED) is 0.660. The van der Waals surface area contributed by atoms with Crippen molar-refractivity contribution in [2.45, 2.75) is 19.4 Å². The van der Waals surface area contributed by atoms with Crippen LogP contribution in [0, 0.1) is 0 Å². The molecular formula is C11H18N4O2S2. The van der Waals surface area contributed by atoms with E-state index in [2.05, 4.69) is 15.0 Å². The lowest BCUT2D eigenvalue weighted by Gasteiger charge is -2.26. The highest BCUT2D eigenvalue weighted by Crippen LogP contribution is 2.15. The summed E-state index contributed by atoms with van der Waals surface area (Å²) in [5.74, 6) is 0. The van der Waals surface area contributed by atoms with E-state index in [9.17, 15) is 8.42 Å². The van der Waals surface area contributed by atoms with Gasteiger partial charge in [-0.15, -0.1) is 0 Å². The Morgan fingerprint density at radius 2 is 2.16 bits per heavy atom. The fourth-order valence-electron chi connectivity index (χ4n) is 1.60. The monoisotopic (exact) mass is 302 g/mol. The molecule has 0 amide bonds. The molecule has 0 aliphatic heterocycles. The normalized spacial score (nSPS) is 12.2. The second-order valence-corrected chi connectivity index (χ2v) is 7.09. The summed E-state index contributed by atoms with van der Waals surface area (Å²) in [6.45, 7) is 3.93. The summed E-state index contributed by atoms with van der Waals surface area (Å²) in [6.07, 6.45) is 4.32. The van der Waals surface area contributed by atoms with Crippen molar-refractivity contribution in [3.05, 3.63) is 24.0 Å². The summed E-state index contributed by atoms with van der Waals surface area (Å²) in [7, 11) is -3.27. The van der Waals surface area contributed by atoms with E-state index in [4.69, 9.17) is 18.0 Å². The second kappa shape index (κ2) is 5.81. The summed E-state index contributed by atoms with van der Waals surface area (Å²) >= 11 is 4.94. The first-order valence-corrected chi connectivity index (χ1v) is 7.87. The number of nitrogens with zero attached hydrogens (tertiary/aromatic N) is 1. The molecule has 0 aliphatic rings. The number of nitrogens with two attached hydrogens (primary N) is 1. The Morgan fingerprint density at radius 1 is 1.53 bits per heavy atom. The summed E-state index contributed by atoms with van der Waals surface area (Å²) < 4.78 is 25.0. The smallest absolute Gasteiger partial charge is 0.209 e. The summed E-state index contributed by atoms with van der Waals surface area (Å²) in [4.78, 5) is 4.25. The lowest BCUT2D eigenvalue weighted by molar-refractivity contribution is 0.476. The molecule has 106 valence electrons. The van der Waals surface area contributed by atoms with Gasteiger partial charge in [-0.05, 0) is 19.9 Å². The molecule has 19 heavy (non-hydrogen) atoms. The van der Waals surface area contributed by atoms with Gasteiger partial charge < -0.3 is 11.1 Å². The van der Waals surface area contributed by atoms with Gasteiger partial charge in [0.1, 0.15) is 4.99 Å². The van der Waals surface area contributed by atoms with Gasteiger partial charge >= 0.3 is 0 Å². The summed E-state index contributed by atoms with van der Waals surface area (Å²) in [5.41, 5.74) is 6.33. The molecule has 1 heterocycles. The van der Waals surface area contributed by atoms with Crippen LogP contribution in [-0.4, -0.2) is 36.7 Å². The molecule has 1 rings (SSSR count). The fraction of sp³-hybridized carbons (Fsp3) is 0.455. The highest BCUT2D eigenvalue weighted by molar-refractivity contribution is 7.88. The van der Waals surface area contributed by atoms with Gasteiger partial charge in [-0.2, -0.15) is 0 Å². The molecule has 0 unspecified atom stereocenters. The molecule has 8 heteroatoms. The van der Waals surface area contributed by atoms with E-state index in [1.807, 2.05) is 0 Å². The number of anilines is 1. The molecule has 0 aromatic carbocycles. The van der Waals surface area contributed by atoms with Gasteiger partial charge in [0.05, 0.1) is 18.1 Å². The van der Waals surface area contributed by atoms with E-state index >= 15 is 0 Å². The van der Waals surface area contributed by atoms with Gasteiger partial charge in [0, 0.05) is 23.8 Å². The lowest BCUT2D eigenvalue weighted by Crippen LogP contribution is -2.47. The van der Waals surface area contributed by atoms with Crippen molar-refractivity contribution in [1.82, 2.24) is 9.71 Å². The maximum Gasteiger partial charge on any atom is 0.209 e. The predicted molar refractivity (Wildman–Crippen MR) is 80.7 cm³/mol. The number of hydrogen-bond donors (Lipinski definition) is 3. The van der Waals surface area contributed by atoms with Crippen LogP contribution in [-0.2, 0) is 10.0 Å². The molecule has 4 N–H and O–H groups in total. The Balaban J connectivity index is 2.80. The number of nitrogens with one attached hydrogen (secondary N) is 2. The van der Waals surface area contributed by atoms with E-state index in [1.165, 1.54) is 0 Å². The molecule has 1 aromatic rings. The van der Waals surface area contributed by atoms with Crippen LogP contribution in [0.3, 0.4) is 0 Å². The van der Waals surface area contributed by atoms with E-state index in [0.717, 1.165) is 6.26 Å². The Bertz CT molecular complexity index is 570. The summed E-state index contributed by atoms with van der Waals surface area (Å²) in [6, 6.07) is 1.71. The van der Waals surface area contributed by atoms with Gasteiger partial charge in [-0.3, -0.25) is 4.98 Å². The largest absolute Gasteiger partial charge is 0.389 e. The Labute approximate surface area is 118 Å². The van der Waals surface area contributed by atoms with Gasteiger partial charge in [0.2, 0.25) is 10.0 Å². The minimum Gasteiger partial charge on any atom is -0.389 e. The lowest BCUT2D eigenvalue weighted by atomic mass is 10.1. The highest BCUT2D eigenvalue weighted by atomic mass is 32.2. The molecule has 0 aliphatic carbocycles. The van der Waals surface area contributed by atoms with Gasteiger partial charge in [0.25, 0.3) is 0 Å². The van der Waals surface area contributed by atoms with Crippen LogP contribution < -0.4 is 15.8 Å². The number of pyridine rings is 1. The van der Waals surface area contributed by atoms with Crippen LogP contribution in [0.4, 0.5) is 5.69 Å². The van der Waals surface area contributed by atoms with Gasteiger partial charge in [-0.25, -0.2) is 13.1 Å². The van der Waals surface area contributed by atoms with Gasteiger partial charge in [-0.1, -0.05) is 12.2 Å². The van der Waals surface area contributed by atoms with Crippen LogP contribution in [0.1, 0.15) is 19.4 Å². The third-order valence-corrected chi connectivity index (χ3v) is 3.41. The number of aromatic nitrogens is 1. The van der Waals surface area contributed by atoms with Crippen LogP contribution in [0.2, 0.25) is 0 Å². The minimum atomic E-state index is -3.27. The van der Waals surface area contributed by atoms with E-state index in [0.29, 0.717) is 17.8 Å². The standard InChI is InChI=1S/C11H18N4O2S2/c1-11(2,15-19(3,16)17)7-14-9-6-13-5-4-8(9)10(12)18/h4-6,14-15H,7H2,1-3H3,(H2,12,18). The van der Waals surface area contributed by atoms with Crippen LogP contribution in [0.15, 0.2) is 18.5 Å². The average molecular weight is 302 g/mol. The average Bonchev–Trinajstić information content (AvgIpc) is 2.23. The van der Waals surface area contributed by atoms with Gasteiger partial charge in [0.15, 0.2) is 0 Å². The second-order valence-electron chi connectivity index (χ2n) is 4.90. The Kier molecular flexibility index (Phi) is 4.83. The molecule has 0 fully saturated rings. The van der Waals surface area contributed by atoms with Crippen LogP contribution >= 0.6 is 12.2 Å². The van der Waals surface area contributed by atoms with Crippen molar-refractivity contribution < 1.29 is 8.42 Å². The summed E-state index contributed by atoms with van der Waals surface area (Å²) in [5, 5.41) is 3.10. The molecule has 0 bridgehead atoms. The van der Waals surface area contributed by atoms with E-state index < -0.39 is 15.6 Å². The molecule has 1 aromatic heterocycles. The number of hydrogen-bond acceptors (Lipinski definition) is 5. The number of rotatable bonds is 6. The van der Waals surface area contributed by atoms with Crippen molar-refractivity contribution in [2.75, 3.05) is 18.1 Å². The zero-order chi connectivity index (χ0) is 14.7. The number of thiocarbonyl (C=S) groups is 1. The molecule has 0 radical (unpaired) electrons. The minimum absolute atomic E-state index is 0.263. The molecular weight excluding hydrogens is 284 g/mol. The van der Waals surface area contributed by atoms with Crippen molar-refractivity contribution in [3.8, 4) is 0 Å². The first-order chi connectivity index (χ1) is 8.61. The zero-order valence-corrected chi connectivity index (χ0v) is 12.7. The van der Waals surface area contributed by atoms with E-state index in [1.54, 1.807) is 32.3 Å². The predicted octanol–water partition coefficient (Wildman–Crippen LogP) is 0.455. The maximum atomic E-state index is 11.2. The molecule has 0 spiro atoms. The first-order valence-electron chi connectivity index (χ1n) is 5.57. The molecule has 0 saturated heterocycles. The van der Waals surface area contributed by atoms with E-state index in [-0.39, 0.29) is 4.99 Å². The van der Waals surface area contributed by atoms with Crippen LogP contribution in [0.5, 0.6) is 0 Å². The molecule has 0 saturated carbocycles. The van der Waals surface area contributed by atoms with Crippen molar-refractivity contribution in [3.63, 3.8) is 0 Å².